The van der Waals surface area contributed by atoms with Crippen LogP contribution in [0.1, 0.15) is 5.82 Å². The molecule has 3 N–H and O–H groups in total. The van der Waals surface area contributed by atoms with Crippen LogP contribution in [-0.4, -0.2) is 30.2 Å². The number of aryl methyl sites for hydroxylation is 1. The maximum absolute atomic E-state index is 5.48. The Morgan fingerprint density at radius 2 is 2.11 bits per heavy atom. The number of nitrogens with one attached hydrogen (secondary N) is 1. The quantitative estimate of drug-likeness (QED) is 0.856. The first kappa shape index (κ1) is 13.3. The summed E-state index contributed by atoms with van der Waals surface area (Å²) in [6, 6.07) is 9.71. The minimum absolute atomic E-state index is 0.567. The van der Waals surface area contributed by atoms with Crippen molar-refractivity contribution in [2.45, 2.75) is 6.92 Å². The maximum Gasteiger partial charge on any atom is 0.130 e. The van der Waals surface area contributed by atoms with Crippen LogP contribution in [0.25, 0.3) is 11.3 Å². The lowest BCUT2D eigenvalue weighted by molar-refractivity contribution is 0.415. The number of nitrogens with zero attached hydrogens (tertiary/aromatic N) is 2. The number of rotatable bonds is 5. The molecule has 0 atom stereocenters. The molecule has 0 amide bonds. The molecule has 0 fully saturated rings. The van der Waals surface area contributed by atoms with Crippen LogP contribution in [0.3, 0.4) is 0 Å². The third kappa shape index (κ3) is 3.42. The molecule has 2 rings (SSSR count). The third-order valence-corrected chi connectivity index (χ3v) is 2.65. The number of methoxy groups -OCH3 is 1. The molecule has 100 valence electrons. The van der Waals surface area contributed by atoms with Crippen molar-refractivity contribution < 1.29 is 4.74 Å². The summed E-state index contributed by atoms with van der Waals surface area (Å²) >= 11 is 0. The topological polar surface area (TPSA) is 73.1 Å². The van der Waals surface area contributed by atoms with Crippen LogP contribution in [0.15, 0.2) is 30.3 Å². The molecule has 0 spiro atoms. The van der Waals surface area contributed by atoms with Gasteiger partial charge in [-0.3, -0.25) is 0 Å². The molecule has 0 unspecified atom stereocenters. The first-order valence-electron chi connectivity index (χ1n) is 6.17. The second kappa shape index (κ2) is 6.15. The molecular weight excluding hydrogens is 240 g/mol. The summed E-state index contributed by atoms with van der Waals surface area (Å²) in [6.45, 7) is 3.13. The van der Waals surface area contributed by atoms with Crippen LogP contribution in [-0.2, 0) is 0 Å². The van der Waals surface area contributed by atoms with E-state index in [4.69, 9.17) is 10.5 Å². The van der Waals surface area contributed by atoms with Gasteiger partial charge in [-0.05, 0) is 19.1 Å². The Morgan fingerprint density at radius 3 is 2.84 bits per heavy atom. The third-order valence-electron chi connectivity index (χ3n) is 2.65. The molecule has 1 heterocycles. The van der Waals surface area contributed by atoms with Crippen molar-refractivity contribution in [2.75, 3.05) is 25.5 Å². The van der Waals surface area contributed by atoms with E-state index in [-0.39, 0.29) is 0 Å². The van der Waals surface area contributed by atoms with Crippen LogP contribution in [0.2, 0.25) is 0 Å². The summed E-state index contributed by atoms with van der Waals surface area (Å²) in [5.41, 5.74) is 7.35. The molecule has 0 saturated heterocycles. The molecule has 2 aromatic rings. The zero-order chi connectivity index (χ0) is 13.7. The lowest BCUT2D eigenvalue weighted by Gasteiger charge is -2.08. The summed E-state index contributed by atoms with van der Waals surface area (Å²) < 4.78 is 5.23. The molecule has 0 aliphatic heterocycles. The van der Waals surface area contributed by atoms with E-state index in [0.717, 1.165) is 28.6 Å². The summed E-state index contributed by atoms with van der Waals surface area (Å²) in [6.07, 6.45) is 0. The lowest BCUT2D eigenvalue weighted by atomic mass is 10.1. The standard InChI is InChI=1S/C14H18N4O/c1-10-17-13(9-14(18-10)16-7-6-15)11-4-3-5-12(8-11)19-2/h3-5,8-9H,6-7,15H2,1-2H3,(H,16,17,18). The van der Waals surface area contributed by atoms with Gasteiger partial charge < -0.3 is 15.8 Å². The zero-order valence-corrected chi connectivity index (χ0v) is 11.2. The van der Waals surface area contributed by atoms with Crippen LogP contribution in [0.4, 0.5) is 5.82 Å². The van der Waals surface area contributed by atoms with Crippen molar-refractivity contribution in [3.8, 4) is 17.0 Å². The fourth-order valence-corrected chi connectivity index (χ4v) is 1.79. The molecule has 0 aliphatic rings. The molecule has 1 aromatic heterocycles. The maximum atomic E-state index is 5.48. The van der Waals surface area contributed by atoms with Gasteiger partial charge in [-0.15, -0.1) is 0 Å². The monoisotopic (exact) mass is 258 g/mol. The Labute approximate surface area is 112 Å². The molecule has 0 aliphatic carbocycles. The lowest BCUT2D eigenvalue weighted by Crippen LogP contribution is -2.14. The van der Waals surface area contributed by atoms with Crippen LogP contribution in [0, 0.1) is 6.92 Å². The number of ether oxygens (including phenoxy) is 1. The van der Waals surface area contributed by atoms with Crippen molar-refractivity contribution in [3.05, 3.63) is 36.2 Å². The van der Waals surface area contributed by atoms with E-state index in [1.807, 2.05) is 37.3 Å². The number of hydrogen-bond acceptors (Lipinski definition) is 5. The van der Waals surface area contributed by atoms with E-state index in [1.165, 1.54) is 0 Å². The van der Waals surface area contributed by atoms with Crippen molar-refractivity contribution in [2.24, 2.45) is 5.73 Å². The SMILES string of the molecule is COc1cccc(-c2cc(NCCN)nc(C)n2)c1. The predicted molar refractivity (Wildman–Crippen MR) is 76.3 cm³/mol. The van der Waals surface area contributed by atoms with Gasteiger partial charge in [0, 0.05) is 24.7 Å². The van der Waals surface area contributed by atoms with Gasteiger partial charge in [0.25, 0.3) is 0 Å². The average Bonchev–Trinajstić information content (AvgIpc) is 2.44. The van der Waals surface area contributed by atoms with Gasteiger partial charge >= 0.3 is 0 Å². The first-order chi connectivity index (χ1) is 9.22. The minimum Gasteiger partial charge on any atom is -0.497 e. The molecular formula is C14H18N4O. The van der Waals surface area contributed by atoms with E-state index in [0.29, 0.717) is 13.1 Å². The Balaban J connectivity index is 2.34. The zero-order valence-electron chi connectivity index (χ0n) is 11.2. The summed E-state index contributed by atoms with van der Waals surface area (Å²) in [5.74, 6) is 2.32. The van der Waals surface area contributed by atoms with Gasteiger partial charge in [-0.25, -0.2) is 9.97 Å². The molecule has 5 heteroatoms. The van der Waals surface area contributed by atoms with Gasteiger partial charge in [0.2, 0.25) is 0 Å². The largest absolute Gasteiger partial charge is 0.497 e. The van der Waals surface area contributed by atoms with E-state index in [1.54, 1.807) is 7.11 Å². The van der Waals surface area contributed by atoms with Crippen LogP contribution in [0.5, 0.6) is 5.75 Å². The Kier molecular flexibility index (Phi) is 4.30. The molecule has 1 aromatic carbocycles. The fraction of sp³-hybridized carbons (Fsp3) is 0.286. The minimum atomic E-state index is 0.567. The van der Waals surface area contributed by atoms with Crippen molar-refractivity contribution in [1.82, 2.24) is 9.97 Å². The van der Waals surface area contributed by atoms with Crippen LogP contribution >= 0.6 is 0 Å². The van der Waals surface area contributed by atoms with Gasteiger partial charge in [0.15, 0.2) is 0 Å². The van der Waals surface area contributed by atoms with Gasteiger partial charge in [0.1, 0.15) is 17.4 Å². The molecule has 5 nitrogen and oxygen atoms in total. The Morgan fingerprint density at radius 1 is 1.26 bits per heavy atom. The number of aromatic nitrogens is 2. The number of anilines is 1. The van der Waals surface area contributed by atoms with Crippen molar-refractivity contribution in [1.29, 1.82) is 0 Å². The summed E-state index contributed by atoms with van der Waals surface area (Å²) in [4.78, 5) is 8.78. The molecule has 19 heavy (non-hydrogen) atoms. The second-order valence-corrected chi connectivity index (χ2v) is 4.13. The van der Waals surface area contributed by atoms with Gasteiger partial charge in [0.05, 0.1) is 12.8 Å². The van der Waals surface area contributed by atoms with E-state index < -0.39 is 0 Å². The molecule has 0 bridgehead atoms. The highest BCUT2D eigenvalue weighted by molar-refractivity contribution is 5.64. The number of benzene rings is 1. The fourth-order valence-electron chi connectivity index (χ4n) is 1.79. The Bertz CT molecular complexity index is 557. The average molecular weight is 258 g/mol. The number of nitrogens with two attached hydrogens (primary N) is 1. The smallest absolute Gasteiger partial charge is 0.130 e. The van der Waals surface area contributed by atoms with Crippen LogP contribution < -0.4 is 15.8 Å². The van der Waals surface area contributed by atoms with Gasteiger partial charge in [-0.1, -0.05) is 12.1 Å². The predicted octanol–water partition coefficient (Wildman–Crippen LogP) is 1.83. The second-order valence-electron chi connectivity index (χ2n) is 4.13. The normalized spacial score (nSPS) is 10.3. The van der Waals surface area contributed by atoms with E-state index in [9.17, 15) is 0 Å². The molecule has 0 saturated carbocycles. The van der Waals surface area contributed by atoms with Crippen molar-refractivity contribution >= 4 is 5.82 Å². The van der Waals surface area contributed by atoms with Crippen molar-refractivity contribution in [3.63, 3.8) is 0 Å². The van der Waals surface area contributed by atoms with E-state index >= 15 is 0 Å². The molecule has 0 radical (unpaired) electrons. The Hall–Kier alpha value is -2.14. The van der Waals surface area contributed by atoms with Gasteiger partial charge in [-0.2, -0.15) is 0 Å². The highest BCUT2D eigenvalue weighted by Gasteiger charge is 2.05. The highest BCUT2D eigenvalue weighted by atomic mass is 16.5. The summed E-state index contributed by atoms with van der Waals surface area (Å²) in [5, 5.41) is 3.17. The highest BCUT2D eigenvalue weighted by Crippen LogP contribution is 2.23. The van der Waals surface area contributed by atoms with E-state index in [2.05, 4.69) is 15.3 Å². The first-order valence-corrected chi connectivity index (χ1v) is 6.17. The number of hydrogen-bond donors (Lipinski definition) is 2. The summed E-state index contributed by atoms with van der Waals surface area (Å²) in [7, 11) is 1.65.